The van der Waals surface area contributed by atoms with Gasteiger partial charge >= 0.3 is 0 Å². The van der Waals surface area contributed by atoms with E-state index in [9.17, 15) is 0 Å². The average Bonchev–Trinajstić information content (AvgIpc) is 2.91. The summed E-state index contributed by atoms with van der Waals surface area (Å²) >= 11 is 1.78. The topological polar surface area (TPSA) is 51.2 Å². The van der Waals surface area contributed by atoms with Gasteiger partial charge in [-0.2, -0.15) is 0 Å². The zero-order valence-electron chi connectivity index (χ0n) is 9.27. The molecule has 0 aliphatic heterocycles. The van der Waals surface area contributed by atoms with Crippen LogP contribution in [0.15, 0.2) is 34.3 Å². The van der Waals surface area contributed by atoms with Gasteiger partial charge in [-0.05, 0) is 37.3 Å². The highest BCUT2D eigenvalue weighted by Gasteiger charge is 2.12. The maximum absolute atomic E-state index is 5.57. The molecular weight excluding hydrogens is 220 g/mol. The van der Waals surface area contributed by atoms with Gasteiger partial charge in [-0.25, -0.2) is 0 Å². The second-order valence-corrected chi connectivity index (χ2v) is 4.86. The molecule has 1 atom stereocenters. The minimum Gasteiger partial charge on any atom is -0.469 e. The lowest BCUT2D eigenvalue weighted by Crippen LogP contribution is -2.28. The van der Waals surface area contributed by atoms with Gasteiger partial charge in [0.2, 0.25) is 0 Å². The van der Waals surface area contributed by atoms with Crippen LogP contribution < -0.4 is 11.3 Å². The van der Waals surface area contributed by atoms with E-state index in [1.165, 1.54) is 4.88 Å². The van der Waals surface area contributed by atoms with Crippen LogP contribution in [0.1, 0.15) is 28.7 Å². The molecule has 0 spiro atoms. The Balaban J connectivity index is 1.96. The summed E-state index contributed by atoms with van der Waals surface area (Å²) in [5.41, 5.74) is 3.96. The number of furan rings is 1. The van der Waals surface area contributed by atoms with Crippen molar-refractivity contribution in [2.45, 2.75) is 25.8 Å². The Bertz CT molecular complexity index is 422. The second kappa shape index (κ2) is 5.30. The number of hydrogen-bond donors (Lipinski definition) is 2. The molecule has 0 aliphatic carbocycles. The summed E-state index contributed by atoms with van der Waals surface area (Å²) in [4.78, 5) is 1.39. The van der Waals surface area contributed by atoms with Crippen LogP contribution in [0.2, 0.25) is 0 Å². The number of rotatable bonds is 5. The molecule has 2 rings (SSSR count). The molecule has 0 amide bonds. The highest BCUT2D eigenvalue weighted by Crippen LogP contribution is 2.22. The van der Waals surface area contributed by atoms with Crippen molar-refractivity contribution in [3.8, 4) is 0 Å². The molecule has 3 nitrogen and oxygen atoms in total. The first-order valence-electron chi connectivity index (χ1n) is 5.33. The fourth-order valence-electron chi connectivity index (χ4n) is 1.73. The van der Waals surface area contributed by atoms with Crippen molar-refractivity contribution in [2.24, 2.45) is 5.84 Å². The molecule has 1 unspecified atom stereocenters. The number of nitrogens with two attached hydrogens (primary N) is 1. The van der Waals surface area contributed by atoms with Crippen LogP contribution in [-0.2, 0) is 6.42 Å². The van der Waals surface area contributed by atoms with Crippen molar-refractivity contribution < 1.29 is 4.42 Å². The van der Waals surface area contributed by atoms with E-state index in [0.717, 1.165) is 24.2 Å². The summed E-state index contributed by atoms with van der Waals surface area (Å²) in [6.45, 7) is 1.94. The first kappa shape index (κ1) is 11.4. The molecule has 2 heterocycles. The maximum atomic E-state index is 5.57. The highest BCUT2D eigenvalue weighted by atomic mass is 32.1. The molecule has 4 heteroatoms. The molecule has 16 heavy (non-hydrogen) atoms. The van der Waals surface area contributed by atoms with E-state index in [1.54, 1.807) is 17.6 Å². The molecule has 0 radical (unpaired) electrons. The average molecular weight is 236 g/mol. The lowest BCUT2D eigenvalue weighted by atomic mass is 10.1. The van der Waals surface area contributed by atoms with E-state index in [0.29, 0.717) is 0 Å². The zero-order valence-corrected chi connectivity index (χ0v) is 10.1. The van der Waals surface area contributed by atoms with Gasteiger partial charge in [-0.3, -0.25) is 11.3 Å². The normalized spacial score (nSPS) is 12.9. The minimum atomic E-state index is 0.166. The van der Waals surface area contributed by atoms with Crippen molar-refractivity contribution in [1.82, 2.24) is 5.43 Å². The van der Waals surface area contributed by atoms with Crippen molar-refractivity contribution in [2.75, 3.05) is 0 Å². The van der Waals surface area contributed by atoms with Crippen LogP contribution in [-0.4, -0.2) is 0 Å². The number of aryl methyl sites for hydroxylation is 2. The van der Waals surface area contributed by atoms with Crippen molar-refractivity contribution in [3.63, 3.8) is 0 Å². The van der Waals surface area contributed by atoms with E-state index in [2.05, 4.69) is 22.9 Å². The SMILES string of the molecule is Cc1cc(C(CCc2cccs2)NN)co1. The summed E-state index contributed by atoms with van der Waals surface area (Å²) in [7, 11) is 0. The van der Waals surface area contributed by atoms with Gasteiger partial charge in [-0.15, -0.1) is 11.3 Å². The minimum absolute atomic E-state index is 0.166. The van der Waals surface area contributed by atoms with Crippen LogP contribution in [0.25, 0.3) is 0 Å². The molecule has 0 saturated heterocycles. The summed E-state index contributed by atoms with van der Waals surface area (Å²) in [6, 6.07) is 6.42. The molecule has 3 N–H and O–H groups in total. The maximum Gasteiger partial charge on any atom is 0.101 e. The Morgan fingerprint density at radius 1 is 1.56 bits per heavy atom. The zero-order chi connectivity index (χ0) is 11.4. The molecule has 0 bridgehead atoms. The van der Waals surface area contributed by atoms with Crippen LogP contribution in [0.4, 0.5) is 0 Å². The Labute approximate surface area is 99.2 Å². The molecule has 0 saturated carbocycles. The number of nitrogens with one attached hydrogen (secondary N) is 1. The van der Waals surface area contributed by atoms with Gasteiger partial charge < -0.3 is 4.42 Å². The van der Waals surface area contributed by atoms with Gasteiger partial charge in [0.15, 0.2) is 0 Å². The fraction of sp³-hybridized carbons (Fsp3) is 0.333. The van der Waals surface area contributed by atoms with E-state index >= 15 is 0 Å². The summed E-state index contributed by atoms with van der Waals surface area (Å²) in [5.74, 6) is 6.49. The molecule has 0 aromatic carbocycles. The smallest absolute Gasteiger partial charge is 0.101 e. The highest BCUT2D eigenvalue weighted by molar-refractivity contribution is 7.09. The Morgan fingerprint density at radius 2 is 2.44 bits per heavy atom. The largest absolute Gasteiger partial charge is 0.469 e. The van der Waals surface area contributed by atoms with Crippen molar-refractivity contribution >= 4 is 11.3 Å². The van der Waals surface area contributed by atoms with E-state index in [4.69, 9.17) is 10.3 Å². The molecular formula is C12H16N2OS. The van der Waals surface area contributed by atoms with Crippen LogP contribution >= 0.6 is 11.3 Å². The van der Waals surface area contributed by atoms with Crippen LogP contribution in [0.3, 0.4) is 0 Å². The third-order valence-corrected chi connectivity index (χ3v) is 3.55. The monoisotopic (exact) mass is 236 g/mol. The van der Waals surface area contributed by atoms with E-state index in [-0.39, 0.29) is 6.04 Å². The summed E-state index contributed by atoms with van der Waals surface area (Å²) < 4.78 is 5.29. The van der Waals surface area contributed by atoms with Gasteiger partial charge in [0.05, 0.1) is 6.26 Å². The fourth-order valence-corrected chi connectivity index (χ4v) is 2.46. The first-order chi connectivity index (χ1) is 7.79. The van der Waals surface area contributed by atoms with Gasteiger partial charge in [0.25, 0.3) is 0 Å². The quantitative estimate of drug-likeness (QED) is 0.620. The third kappa shape index (κ3) is 2.72. The second-order valence-electron chi connectivity index (χ2n) is 3.83. The molecule has 0 fully saturated rings. The summed E-state index contributed by atoms with van der Waals surface area (Å²) in [6.07, 6.45) is 3.79. The number of hydrazine groups is 1. The van der Waals surface area contributed by atoms with Crippen LogP contribution in [0, 0.1) is 6.92 Å². The predicted molar refractivity (Wildman–Crippen MR) is 66.1 cm³/mol. The van der Waals surface area contributed by atoms with Gasteiger partial charge in [-0.1, -0.05) is 6.07 Å². The molecule has 2 aromatic heterocycles. The number of thiophene rings is 1. The number of hydrogen-bond acceptors (Lipinski definition) is 4. The molecule has 2 aromatic rings. The first-order valence-corrected chi connectivity index (χ1v) is 6.21. The lowest BCUT2D eigenvalue weighted by molar-refractivity contribution is 0.496. The summed E-state index contributed by atoms with van der Waals surface area (Å²) in [5, 5.41) is 2.10. The lowest BCUT2D eigenvalue weighted by Gasteiger charge is -2.12. The standard InChI is InChI=1S/C12H16N2OS/c1-9-7-10(8-15-9)12(14-13)5-4-11-3-2-6-16-11/h2-3,6-8,12,14H,4-5,13H2,1H3. The van der Waals surface area contributed by atoms with Gasteiger partial charge in [0, 0.05) is 16.5 Å². The Kier molecular flexibility index (Phi) is 3.77. The molecule has 0 aliphatic rings. The Hall–Kier alpha value is -1.10. The van der Waals surface area contributed by atoms with Crippen LogP contribution in [0.5, 0.6) is 0 Å². The third-order valence-electron chi connectivity index (χ3n) is 2.61. The van der Waals surface area contributed by atoms with Gasteiger partial charge in [0.1, 0.15) is 5.76 Å². The van der Waals surface area contributed by atoms with Crippen molar-refractivity contribution in [1.29, 1.82) is 0 Å². The molecule has 86 valence electrons. The Morgan fingerprint density at radius 3 is 3.00 bits per heavy atom. The van der Waals surface area contributed by atoms with Crippen molar-refractivity contribution in [3.05, 3.63) is 46.0 Å². The van der Waals surface area contributed by atoms with E-state index < -0.39 is 0 Å². The predicted octanol–water partition coefficient (Wildman–Crippen LogP) is 2.79. The van der Waals surface area contributed by atoms with E-state index in [1.807, 2.05) is 13.0 Å².